The zero-order chi connectivity index (χ0) is 13.8. The molecule has 0 aliphatic heterocycles. The summed E-state index contributed by atoms with van der Waals surface area (Å²) in [5, 5.41) is 12.4. The minimum atomic E-state index is -0.899. The second kappa shape index (κ2) is 6.00. The van der Waals surface area contributed by atoms with Crippen LogP contribution in [0.5, 0.6) is 0 Å². The molecule has 2 unspecified atom stereocenters. The summed E-state index contributed by atoms with van der Waals surface area (Å²) >= 11 is 0. The van der Waals surface area contributed by atoms with Gasteiger partial charge in [0.15, 0.2) is 0 Å². The fourth-order valence-electron chi connectivity index (χ4n) is 2.33. The Morgan fingerprint density at radius 3 is 2.78 bits per heavy atom. The molecule has 5 nitrogen and oxygen atoms in total. The van der Waals surface area contributed by atoms with Gasteiger partial charge in [0.05, 0.1) is 0 Å². The molecule has 0 bridgehead atoms. The quantitative estimate of drug-likeness (QED) is 0.778. The molecule has 1 rings (SSSR count). The Labute approximate surface area is 108 Å². The van der Waals surface area contributed by atoms with Gasteiger partial charge in [-0.25, -0.2) is 4.98 Å². The van der Waals surface area contributed by atoms with Crippen molar-refractivity contribution in [1.29, 1.82) is 0 Å². The van der Waals surface area contributed by atoms with Crippen LogP contribution in [0, 0.1) is 0 Å². The summed E-state index contributed by atoms with van der Waals surface area (Å²) in [5.41, 5.74) is -0.899. The van der Waals surface area contributed by atoms with E-state index in [2.05, 4.69) is 14.9 Å². The Morgan fingerprint density at radius 1 is 1.61 bits per heavy atom. The number of rotatable bonds is 7. The third kappa shape index (κ3) is 3.10. The van der Waals surface area contributed by atoms with Crippen LogP contribution in [0.4, 0.5) is 0 Å². The number of carboxylic acid groups (broad SMARTS) is 1. The highest BCUT2D eigenvalue weighted by atomic mass is 16.4. The Kier molecular flexibility index (Phi) is 4.90. The fraction of sp³-hybridized carbons (Fsp3) is 0.692. The van der Waals surface area contributed by atoms with Crippen LogP contribution in [0.3, 0.4) is 0 Å². The topological polar surface area (TPSA) is 67.2 Å². The van der Waals surface area contributed by atoms with Crippen molar-refractivity contribution in [3.63, 3.8) is 0 Å². The Hall–Kier alpha value is -1.36. The third-order valence-electron chi connectivity index (χ3n) is 3.28. The lowest BCUT2D eigenvalue weighted by molar-refractivity contribution is -0.144. The molecular formula is C13H23N3O2. The van der Waals surface area contributed by atoms with E-state index in [9.17, 15) is 9.90 Å². The molecule has 18 heavy (non-hydrogen) atoms. The Morgan fingerprint density at radius 2 is 2.28 bits per heavy atom. The van der Waals surface area contributed by atoms with Crippen LogP contribution >= 0.6 is 0 Å². The number of carboxylic acids is 1. The molecule has 1 aromatic rings. The van der Waals surface area contributed by atoms with Gasteiger partial charge in [0, 0.05) is 24.9 Å². The molecule has 1 heterocycles. The second-order valence-corrected chi connectivity index (χ2v) is 4.83. The number of aryl methyl sites for hydroxylation is 1. The zero-order valence-electron chi connectivity index (χ0n) is 11.6. The van der Waals surface area contributed by atoms with Crippen LogP contribution < -0.4 is 5.32 Å². The third-order valence-corrected chi connectivity index (χ3v) is 3.28. The maximum atomic E-state index is 11.4. The smallest absolute Gasteiger partial charge is 0.323 e. The van der Waals surface area contributed by atoms with E-state index >= 15 is 0 Å². The van der Waals surface area contributed by atoms with Gasteiger partial charge < -0.3 is 15.0 Å². The van der Waals surface area contributed by atoms with Gasteiger partial charge in [0.1, 0.15) is 11.4 Å². The van der Waals surface area contributed by atoms with Crippen molar-refractivity contribution >= 4 is 5.97 Å². The van der Waals surface area contributed by atoms with Gasteiger partial charge in [-0.2, -0.15) is 0 Å². The molecule has 0 aliphatic carbocycles. The zero-order valence-corrected chi connectivity index (χ0v) is 11.6. The van der Waals surface area contributed by atoms with Crippen molar-refractivity contribution in [3.8, 4) is 0 Å². The van der Waals surface area contributed by atoms with Crippen LogP contribution in [0.15, 0.2) is 12.4 Å². The highest BCUT2D eigenvalue weighted by molar-refractivity contribution is 5.78. The summed E-state index contributed by atoms with van der Waals surface area (Å²) in [6.45, 7) is 8.37. The van der Waals surface area contributed by atoms with Crippen LogP contribution in [0.2, 0.25) is 0 Å². The molecule has 0 aliphatic rings. The normalized spacial score (nSPS) is 16.2. The van der Waals surface area contributed by atoms with Gasteiger partial charge in [-0.05, 0) is 26.8 Å². The molecule has 2 N–H and O–H groups in total. The number of aromatic nitrogens is 2. The van der Waals surface area contributed by atoms with Crippen molar-refractivity contribution in [2.45, 2.75) is 52.1 Å². The van der Waals surface area contributed by atoms with Crippen LogP contribution in [0.25, 0.3) is 0 Å². The Bertz CT molecular complexity index is 403. The van der Waals surface area contributed by atoms with Crippen molar-refractivity contribution in [2.75, 3.05) is 6.54 Å². The van der Waals surface area contributed by atoms with Gasteiger partial charge in [-0.15, -0.1) is 0 Å². The fourth-order valence-corrected chi connectivity index (χ4v) is 2.33. The standard InChI is InChI=1S/C13H23N3O2/c1-5-11-14-7-8-16(11)10(3)9-13(4,12(17)18)15-6-2/h7-8,10,15H,5-6,9H2,1-4H3,(H,17,18). The van der Waals surface area contributed by atoms with Gasteiger partial charge in [0.25, 0.3) is 0 Å². The average Bonchev–Trinajstić information content (AvgIpc) is 2.76. The first-order chi connectivity index (χ1) is 8.44. The lowest BCUT2D eigenvalue weighted by Crippen LogP contribution is -2.50. The number of likely N-dealkylation sites (N-methyl/N-ethyl adjacent to an activating group) is 1. The number of hydrogen-bond donors (Lipinski definition) is 2. The molecule has 102 valence electrons. The molecule has 1 aromatic heterocycles. The molecule has 0 spiro atoms. The number of hydrogen-bond acceptors (Lipinski definition) is 3. The number of aliphatic carboxylic acids is 1. The van der Waals surface area contributed by atoms with E-state index in [1.165, 1.54) is 0 Å². The molecule has 0 radical (unpaired) electrons. The summed E-state index contributed by atoms with van der Waals surface area (Å²) in [7, 11) is 0. The van der Waals surface area contributed by atoms with Crippen molar-refractivity contribution in [2.24, 2.45) is 0 Å². The molecule has 0 saturated heterocycles. The number of nitrogens with one attached hydrogen (secondary N) is 1. The van der Waals surface area contributed by atoms with Gasteiger partial charge in [-0.3, -0.25) is 4.79 Å². The molecule has 0 aromatic carbocycles. The highest BCUT2D eigenvalue weighted by Crippen LogP contribution is 2.22. The van der Waals surface area contributed by atoms with Gasteiger partial charge in [0.2, 0.25) is 0 Å². The summed E-state index contributed by atoms with van der Waals surface area (Å²) in [4.78, 5) is 15.7. The SMILES string of the molecule is CCNC(C)(CC(C)n1ccnc1CC)C(=O)O. The highest BCUT2D eigenvalue weighted by Gasteiger charge is 2.34. The summed E-state index contributed by atoms with van der Waals surface area (Å²) in [6, 6.07) is 0.0996. The average molecular weight is 253 g/mol. The number of imidazole rings is 1. The minimum Gasteiger partial charge on any atom is -0.480 e. The van der Waals surface area contributed by atoms with Gasteiger partial charge in [-0.1, -0.05) is 13.8 Å². The van der Waals surface area contributed by atoms with E-state index in [1.807, 2.05) is 27.0 Å². The number of nitrogens with zero attached hydrogens (tertiary/aromatic N) is 2. The molecule has 5 heteroatoms. The summed E-state index contributed by atoms with van der Waals surface area (Å²) in [5.74, 6) is 0.182. The number of carbonyl (C=O) groups is 1. The minimum absolute atomic E-state index is 0.0996. The molecule has 0 amide bonds. The largest absolute Gasteiger partial charge is 0.480 e. The first-order valence-corrected chi connectivity index (χ1v) is 6.44. The molecule has 0 saturated carbocycles. The lowest BCUT2D eigenvalue weighted by atomic mass is 9.93. The molecule has 0 fully saturated rings. The molecular weight excluding hydrogens is 230 g/mol. The predicted octanol–water partition coefficient (Wildman–Crippen LogP) is 1.85. The first-order valence-electron chi connectivity index (χ1n) is 6.44. The Balaban J connectivity index is 2.85. The van der Waals surface area contributed by atoms with Crippen molar-refractivity contribution < 1.29 is 9.90 Å². The van der Waals surface area contributed by atoms with E-state index < -0.39 is 11.5 Å². The van der Waals surface area contributed by atoms with E-state index in [0.717, 1.165) is 12.2 Å². The van der Waals surface area contributed by atoms with E-state index in [4.69, 9.17) is 0 Å². The second-order valence-electron chi connectivity index (χ2n) is 4.83. The first kappa shape index (κ1) is 14.7. The predicted molar refractivity (Wildman–Crippen MR) is 70.7 cm³/mol. The van der Waals surface area contributed by atoms with E-state index in [1.54, 1.807) is 13.1 Å². The van der Waals surface area contributed by atoms with Crippen LogP contribution in [0.1, 0.15) is 46.0 Å². The van der Waals surface area contributed by atoms with Gasteiger partial charge >= 0.3 is 5.97 Å². The van der Waals surface area contributed by atoms with Crippen LogP contribution in [-0.4, -0.2) is 32.7 Å². The van der Waals surface area contributed by atoms with E-state index in [-0.39, 0.29) is 6.04 Å². The van der Waals surface area contributed by atoms with Crippen molar-refractivity contribution in [1.82, 2.24) is 14.9 Å². The summed E-state index contributed by atoms with van der Waals surface area (Å²) < 4.78 is 2.05. The van der Waals surface area contributed by atoms with E-state index in [0.29, 0.717) is 13.0 Å². The van der Waals surface area contributed by atoms with Crippen LogP contribution in [-0.2, 0) is 11.2 Å². The maximum Gasteiger partial charge on any atom is 0.323 e. The summed E-state index contributed by atoms with van der Waals surface area (Å²) in [6.07, 6.45) is 5.06. The lowest BCUT2D eigenvalue weighted by Gasteiger charge is -2.29. The van der Waals surface area contributed by atoms with Crippen molar-refractivity contribution in [3.05, 3.63) is 18.2 Å². The maximum absolute atomic E-state index is 11.4. The molecule has 2 atom stereocenters. The monoisotopic (exact) mass is 253 g/mol.